The van der Waals surface area contributed by atoms with Gasteiger partial charge in [0.05, 0.1) is 16.7 Å². The van der Waals surface area contributed by atoms with Crippen LogP contribution in [0.5, 0.6) is 0 Å². The van der Waals surface area contributed by atoms with Crippen LogP contribution < -0.4 is 10.2 Å². The molecule has 0 aromatic carbocycles. The molecule has 1 N–H and O–H groups in total. The van der Waals surface area contributed by atoms with Crippen molar-refractivity contribution in [1.82, 2.24) is 15.4 Å². The molecule has 23 heavy (non-hydrogen) atoms. The SMILES string of the molecule is Cc1noc(C)c1[C@H](C)NC(=O)N1CCN(c2cccs2)CC1. The molecule has 0 radical (unpaired) electrons. The maximum atomic E-state index is 12.5. The molecule has 1 atom stereocenters. The predicted molar refractivity (Wildman–Crippen MR) is 91.0 cm³/mol. The summed E-state index contributed by atoms with van der Waals surface area (Å²) in [5.41, 5.74) is 1.80. The number of urea groups is 1. The minimum absolute atomic E-state index is 0.0247. The van der Waals surface area contributed by atoms with E-state index in [0.29, 0.717) is 0 Å². The Balaban J connectivity index is 1.55. The Morgan fingerprint density at radius 2 is 2.09 bits per heavy atom. The average Bonchev–Trinajstić information content (AvgIpc) is 3.17. The van der Waals surface area contributed by atoms with Crippen molar-refractivity contribution >= 4 is 22.4 Å². The van der Waals surface area contributed by atoms with Crippen molar-refractivity contribution in [2.75, 3.05) is 31.1 Å². The molecule has 0 saturated carbocycles. The summed E-state index contributed by atoms with van der Waals surface area (Å²) in [6.07, 6.45) is 0. The van der Waals surface area contributed by atoms with Gasteiger partial charge in [0.1, 0.15) is 5.76 Å². The second kappa shape index (κ2) is 6.62. The molecule has 1 fully saturated rings. The van der Waals surface area contributed by atoms with E-state index in [-0.39, 0.29) is 12.1 Å². The van der Waals surface area contributed by atoms with E-state index >= 15 is 0 Å². The Morgan fingerprint density at radius 1 is 1.35 bits per heavy atom. The molecule has 0 unspecified atom stereocenters. The number of anilines is 1. The largest absolute Gasteiger partial charge is 0.361 e. The molecule has 0 spiro atoms. The smallest absolute Gasteiger partial charge is 0.317 e. The maximum Gasteiger partial charge on any atom is 0.317 e. The highest BCUT2D eigenvalue weighted by Crippen LogP contribution is 2.23. The number of hydrogen-bond acceptors (Lipinski definition) is 5. The van der Waals surface area contributed by atoms with Gasteiger partial charge < -0.3 is 19.6 Å². The van der Waals surface area contributed by atoms with Gasteiger partial charge in [0.2, 0.25) is 0 Å². The molecule has 6 nitrogen and oxygen atoms in total. The van der Waals surface area contributed by atoms with Crippen LogP contribution in [0.2, 0.25) is 0 Å². The number of hydrogen-bond donors (Lipinski definition) is 1. The van der Waals surface area contributed by atoms with Crippen LogP contribution in [0.25, 0.3) is 0 Å². The molecule has 0 bridgehead atoms. The number of nitrogens with one attached hydrogen (secondary N) is 1. The third kappa shape index (κ3) is 3.34. The molecule has 3 rings (SSSR count). The minimum atomic E-state index is -0.107. The summed E-state index contributed by atoms with van der Waals surface area (Å²) in [6.45, 7) is 8.94. The second-order valence-electron chi connectivity index (χ2n) is 5.83. The van der Waals surface area contributed by atoms with Gasteiger partial charge in [0.15, 0.2) is 0 Å². The van der Waals surface area contributed by atoms with E-state index in [0.717, 1.165) is 43.2 Å². The van der Waals surface area contributed by atoms with Gasteiger partial charge in [-0.25, -0.2) is 4.79 Å². The average molecular weight is 334 g/mol. The first-order valence-electron chi connectivity index (χ1n) is 7.83. The first kappa shape index (κ1) is 15.9. The fraction of sp³-hybridized carbons (Fsp3) is 0.500. The molecule has 3 heterocycles. The second-order valence-corrected chi connectivity index (χ2v) is 6.76. The van der Waals surface area contributed by atoms with Crippen LogP contribution in [0.3, 0.4) is 0 Å². The molecular weight excluding hydrogens is 312 g/mol. The Labute approximate surface area is 140 Å². The van der Waals surface area contributed by atoms with Crippen molar-refractivity contribution in [2.45, 2.75) is 26.8 Å². The van der Waals surface area contributed by atoms with Crippen molar-refractivity contribution in [3.05, 3.63) is 34.5 Å². The monoisotopic (exact) mass is 334 g/mol. The Bertz CT molecular complexity index is 640. The summed E-state index contributed by atoms with van der Waals surface area (Å²) in [4.78, 5) is 16.7. The molecule has 124 valence electrons. The zero-order chi connectivity index (χ0) is 16.4. The molecule has 2 aromatic heterocycles. The molecule has 2 amide bonds. The number of aromatic nitrogens is 1. The minimum Gasteiger partial charge on any atom is -0.361 e. The normalized spacial score (nSPS) is 16.5. The van der Waals surface area contributed by atoms with Crippen molar-refractivity contribution < 1.29 is 9.32 Å². The van der Waals surface area contributed by atoms with Gasteiger partial charge in [0, 0.05) is 31.7 Å². The first-order chi connectivity index (χ1) is 11.1. The van der Waals surface area contributed by atoms with Gasteiger partial charge in [-0.1, -0.05) is 5.16 Å². The van der Waals surface area contributed by atoms with E-state index < -0.39 is 0 Å². The Morgan fingerprint density at radius 3 is 2.65 bits per heavy atom. The molecule has 7 heteroatoms. The van der Waals surface area contributed by atoms with Gasteiger partial charge in [0.25, 0.3) is 0 Å². The summed E-state index contributed by atoms with van der Waals surface area (Å²) in [7, 11) is 0. The van der Waals surface area contributed by atoms with E-state index in [1.807, 2.05) is 25.7 Å². The first-order valence-corrected chi connectivity index (χ1v) is 8.71. The van der Waals surface area contributed by atoms with E-state index in [2.05, 4.69) is 32.9 Å². The highest BCUT2D eigenvalue weighted by atomic mass is 32.1. The molecule has 1 aliphatic rings. The topological polar surface area (TPSA) is 61.6 Å². The van der Waals surface area contributed by atoms with Crippen LogP contribution in [0.15, 0.2) is 22.0 Å². The molecule has 1 aliphatic heterocycles. The van der Waals surface area contributed by atoms with E-state index in [1.54, 1.807) is 11.3 Å². The van der Waals surface area contributed by atoms with Gasteiger partial charge in [-0.05, 0) is 38.3 Å². The van der Waals surface area contributed by atoms with Crippen molar-refractivity contribution in [3.63, 3.8) is 0 Å². The number of thiophene rings is 1. The third-order valence-electron chi connectivity index (χ3n) is 4.25. The van der Waals surface area contributed by atoms with Crippen molar-refractivity contribution in [3.8, 4) is 0 Å². The predicted octanol–water partition coefficient (Wildman–Crippen LogP) is 2.95. The van der Waals surface area contributed by atoms with Crippen LogP contribution in [0.4, 0.5) is 9.80 Å². The van der Waals surface area contributed by atoms with Gasteiger partial charge in [-0.2, -0.15) is 0 Å². The molecule has 2 aromatic rings. The van der Waals surface area contributed by atoms with Crippen LogP contribution in [-0.2, 0) is 0 Å². The highest BCUT2D eigenvalue weighted by Gasteiger charge is 2.24. The van der Waals surface area contributed by atoms with Gasteiger partial charge in [-0.15, -0.1) is 11.3 Å². The van der Waals surface area contributed by atoms with E-state index in [4.69, 9.17) is 4.52 Å². The lowest BCUT2D eigenvalue weighted by molar-refractivity contribution is 0.191. The number of piperazine rings is 1. The van der Waals surface area contributed by atoms with Gasteiger partial charge in [-0.3, -0.25) is 0 Å². The Hall–Kier alpha value is -2.02. The summed E-state index contributed by atoms with van der Waals surface area (Å²) >= 11 is 1.74. The summed E-state index contributed by atoms with van der Waals surface area (Å²) in [6, 6.07) is 4.05. The summed E-state index contributed by atoms with van der Waals surface area (Å²) in [5, 5.41) is 10.4. The third-order valence-corrected chi connectivity index (χ3v) is 5.18. The van der Waals surface area contributed by atoms with Crippen molar-refractivity contribution in [1.29, 1.82) is 0 Å². The van der Waals surface area contributed by atoms with Crippen LogP contribution in [-0.4, -0.2) is 42.3 Å². The fourth-order valence-electron chi connectivity index (χ4n) is 3.04. The number of nitrogens with zero attached hydrogens (tertiary/aromatic N) is 3. The van der Waals surface area contributed by atoms with E-state index in [9.17, 15) is 4.79 Å². The molecular formula is C16H22N4O2S. The molecule has 0 aliphatic carbocycles. The van der Waals surface area contributed by atoms with Gasteiger partial charge >= 0.3 is 6.03 Å². The number of amides is 2. The fourth-order valence-corrected chi connectivity index (χ4v) is 3.82. The van der Waals surface area contributed by atoms with Crippen molar-refractivity contribution in [2.24, 2.45) is 0 Å². The van der Waals surface area contributed by atoms with Crippen LogP contribution >= 0.6 is 11.3 Å². The van der Waals surface area contributed by atoms with E-state index in [1.165, 1.54) is 5.00 Å². The quantitative estimate of drug-likeness (QED) is 0.937. The summed E-state index contributed by atoms with van der Waals surface area (Å²) < 4.78 is 5.18. The zero-order valence-electron chi connectivity index (χ0n) is 13.7. The lowest BCUT2D eigenvalue weighted by atomic mass is 10.1. The van der Waals surface area contributed by atoms with Crippen LogP contribution in [0.1, 0.15) is 30.0 Å². The lowest BCUT2D eigenvalue weighted by Gasteiger charge is -2.35. The zero-order valence-corrected chi connectivity index (χ0v) is 14.5. The number of carbonyl (C=O) groups is 1. The maximum absolute atomic E-state index is 12.5. The standard InChI is InChI=1S/C16H22N4O2S/c1-11(15-12(2)18-22-13(15)3)17-16(21)20-8-6-19(7-9-20)14-5-4-10-23-14/h4-5,10-11H,6-9H2,1-3H3,(H,17,21)/t11-/m0/s1. The summed E-state index contributed by atoms with van der Waals surface area (Å²) in [5.74, 6) is 0.762. The number of carbonyl (C=O) groups excluding carboxylic acids is 1. The number of rotatable bonds is 3. The highest BCUT2D eigenvalue weighted by molar-refractivity contribution is 7.14. The van der Waals surface area contributed by atoms with Crippen LogP contribution in [0, 0.1) is 13.8 Å². The molecule has 1 saturated heterocycles. The lowest BCUT2D eigenvalue weighted by Crippen LogP contribution is -2.52. The number of aryl methyl sites for hydroxylation is 2. The Kier molecular flexibility index (Phi) is 4.56.